The van der Waals surface area contributed by atoms with E-state index in [4.69, 9.17) is 4.74 Å². The van der Waals surface area contributed by atoms with Crippen molar-refractivity contribution in [1.29, 1.82) is 0 Å². The van der Waals surface area contributed by atoms with Gasteiger partial charge in [0, 0.05) is 44.8 Å². The molecule has 2 fully saturated rings. The molecule has 2 aliphatic heterocycles. The standard InChI is InChI=1S/C20H29N5O/c1-23-11-9-22-19(23)14-25-10-5-7-20(16-25)12-18(15-26-20)24(2)13-17-6-3-4-8-21-17/h3-4,6,8-9,11,18H,5,7,10,12-16H2,1-2H3/t18-,20+/m1/s1. The number of rotatable bonds is 5. The van der Waals surface area contributed by atoms with Crippen LogP contribution in [0.25, 0.3) is 0 Å². The van der Waals surface area contributed by atoms with Crippen molar-refractivity contribution in [2.45, 2.75) is 44.0 Å². The predicted molar refractivity (Wildman–Crippen MR) is 101 cm³/mol. The van der Waals surface area contributed by atoms with Crippen LogP contribution in [0.5, 0.6) is 0 Å². The van der Waals surface area contributed by atoms with Crippen molar-refractivity contribution in [2.24, 2.45) is 7.05 Å². The second-order valence-corrected chi connectivity index (χ2v) is 7.86. The number of likely N-dealkylation sites (N-methyl/N-ethyl adjacent to an activating group) is 1. The Labute approximate surface area is 155 Å². The van der Waals surface area contributed by atoms with E-state index in [1.807, 2.05) is 24.7 Å². The first-order valence-electron chi connectivity index (χ1n) is 9.56. The van der Waals surface area contributed by atoms with Crippen LogP contribution in [0.1, 0.15) is 30.8 Å². The average molecular weight is 355 g/mol. The van der Waals surface area contributed by atoms with Gasteiger partial charge in [-0.3, -0.25) is 14.8 Å². The molecule has 0 N–H and O–H groups in total. The number of pyridine rings is 1. The number of nitrogens with zero attached hydrogens (tertiary/aromatic N) is 5. The van der Waals surface area contributed by atoms with Gasteiger partial charge < -0.3 is 9.30 Å². The Bertz CT molecular complexity index is 718. The number of aryl methyl sites for hydroxylation is 1. The van der Waals surface area contributed by atoms with Gasteiger partial charge in [0.05, 0.1) is 24.4 Å². The van der Waals surface area contributed by atoms with Gasteiger partial charge in [-0.05, 0) is 45.0 Å². The lowest BCUT2D eigenvalue weighted by atomic mass is 9.88. The number of hydrogen-bond acceptors (Lipinski definition) is 5. The van der Waals surface area contributed by atoms with Crippen LogP contribution in [0.2, 0.25) is 0 Å². The van der Waals surface area contributed by atoms with Crippen molar-refractivity contribution in [1.82, 2.24) is 24.3 Å². The van der Waals surface area contributed by atoms with Crippen LogP contribution in [0.4, 0.5) is 0 Å². The van der Waals surface area contributed by atoms with Crippen molar-refractivity contribution in [3.63, 3.8) is 0 Å². The van der Waals surface area contributed by atoms with E-state index >= 15 is 0 Å². The lowest BCUT2D eigenvalue weighted by Crippen LogP contribution is -2.48. The van der Waals surface area contributed by atoms with Gasteiger partial charge in [-0.15, -0.1) is 0 Å². The molecule has 0 saturated carbocycles. The largest absolute Gasteiger partial charge is 0.372 e. The minimum Gasteiger partial charge on any atom is -0.372 e. The fraction of sp³-hybridized carbons (Fsp3) is 0.600. The van der Waals surface area contributed by atoms with Gasteiger partial charge in [0.25, 0.3) is 0 Å². The lowest BCUT2D eigenvalue weighted by molar-refractivity contribution is -0.0543. The molecule has 2 aromatic heterocycles. The molecule has 6 nitrogen and oxygen atoms in total. The first kappa shape index (κ1) is 17.6. The molecule has 140 valence electrons. The molecule has 0 amide bonds. The summed E-state index contributed by atoms with van der Waals surface area (Å²) in [5.74, 6) is 1.13. The van der Waals surface area contributed by atoms with Crippen molar-refractivity contribution < 1.29 is 4.74 Å². The second-order valence-electron chi connectivity index (χ2n) is 7.86. The van der Waals surface area contributed by atoms with E-state index in [1.165, 1.54) is 6.42 Å². The van der Waals surface area contributed by atoms with Crippen LogP contribution in [0.3, 0.4) is 0 Å². The number of piperidine rings is 1. The van der Waals surface area contributed by atoms with Gasteiger partial charge in [-0.2, -0.15) is 0 Å². The molecule has 4 rings (SSSR count). The zero-order valence-corrected chi connectivity index (χ0v) is 15.8. The normalized spacial score (nSPS) is 26.8. The maximum absolute atomic E-state index is 6.40. The highest BCUT2D eigenvalue weighted by atomic mass is 16.5. The van der Waals surface area contributed by atoms with Crippen LogP contribution in [0.15, 0.2) is 36.8 Å². The summed E-state index contributed by atoms with van der Waals surface area (Å²) in [6, 6.07) is 6.58. The molecule has 0 unspecified atom stereocenters. The Morgan fingerprint density at radius 1 is 1.31 bits per heavy atom. The number of ether oxygens (including phenoxy) is 1. The Balaban J connectivity index is 1.36. The molecule has 2 aromatic rings. The van der Waals surface area contributed by atoms with Gasteiger partial charge >= 0.3 is 0 Å². The quantitative estimate of drug-likeness (QED) is 0.822. The minimum absolute atomic E-state index is 0.00641. The van der Waals surface area contributed by atoms with E-state index in [0.717, 1.165) is 57.1 Å². The van der Waals surface area contributed by atoms with E-state index in [1.54, 1.807) is 0 Å². The van der Waals surface area contributed by atoms with E-state index in [-0.39, 0.29) is 5.60 Å². The maximum atomic E-state index is 6.40. The van der Waals surface area contributed by atoms with Gasteiger partial charge in [0.2, 0.25) is 0 Å². The molecule has 2 atom stereocenters. The molecule has 2 aliphatic rings. The van der Waals surface area contributed by atoms with Crippen molar-refractivity contribution >= 4 is 0 Å². The Kier molecular flexibility index (Phi) is 5.07. The summed E-state index contributed by atoms with van der Waals surface area (Å²) in [5, 5.41) is 0. The molecular formula is C20H29N5O. The van der Waals surface area contributed by atoms with E-state index < -0.39 is 0 Å². The Hall–Kier alpha value is -1.76. The predicted octanol–water partition coefficient (Wildman–Crippen LogP) is 2.07. The fourth-order valence-electron chi connectivity index (χ4n) is 4.34. The first-order chi connectivity index (χ1) is 12.6. The summed E-state index contributed by atoms with van der Waals surface area (Å²) < 4.78 is 8.51. The third-order valence-electron chi connectivity index (χ3n) is 5.85. The van der Waals surface area contributed by atoms with Crippen molar-refractivity contribution in [3.05, 3.63) is 48.3 Å². The number of hydrogen-bond donors (Lipinski definition) is 0. The van der Waals surface area contributed by atoms with Gasteiger partial charge in [-0.1, -0.05) is 6.07 Å². The van der Waals surface area contributed by atoms with Gasteiger partial charge in [0.1, 0.15) is 5.82 Å². The SMILES string of the molecule is CN(Cc1ccccn1)[C@H]1CO[C@@]2(CCCN(Cc3nccn3C)C2)C1. The highest BCUT2D eigenvalue weighted by Crippen LogP contribution is 2.36. The van der Waals surface area contributed by atoms with Crippen LogP contribution in [0, 0.1) is 0 Å². The molecule has 0 aliphatic carbocycles. The summed E-state index contributed by atoms with van der Waals surface area (Å²) in [4.78, 5) is 13.8. The van der Waals surface area contributed by atoms with Crippen LogP contribution in [-0.2, 0) is 24.9 Å². The summed E-state index contributed by atoms with van der Waals surface area (Å²) in [6.07, 6.45) is 9.23. The Morgan fingerprint density at radius 2 is 2.23 bits per heavy atom. The van der Waals surface area contributed by atoms with E-state index in [9.17, 15) is 0 Å². The first-order valence-corrected chi connectivity index (χ1v) is 9.56. The lowest BCUT2D eigenvalue weighted by Gasteiger charge is -2.39. The topological polar surface area (TPSA) is 46.4 Å². The second kappa shape index (κ2) is 7.47. The smallest absolute Gasteiger partial charge is 0.122 e. The summed E-state index contributed by atoms with van der Waals surface area (Å²) in [7, 11) is 4.26. The molecule has 2 saturated heterocycles. The van der Waals surface area contributed by atoms with Crippen molar-refractivity contribution in [3.8, 4) is 0 Å². The zero-order chi connectivity index (χ0) is 18.0. The van der Waals surface area contributed by atoms with Crippen molar-refractivity contribution in [2.75, 3.05) is 26.7 Å². The Morgan fingerprint density at radius 3 is 3.00 bits per heavy atom. The monoisotopic (exact) mass is 355 g/mol. The molecule has 26 heavy (non-hydrogen) atoms. The summed E-state index contributed by atoms with van der Waals surface area (Å²) in [5.41, 5.74) is 1.13. The molecular weight excluding hydrogens is 326 g/mol. The van der Waals surface area contributed by atoms with Gasteiger partial charge in [-0.25, -0.2) is 4.98 Å². The molecule has 6 heteroatoms. The molecule has 4 heterocycles. The molecule has 1 spiro atoms. The number of likely N-dealkylation sites (tertiary alicyclic amines) is 1. The van der Waals surface area contributed by atoms with Crippen LogP contribution >= 0.6 is 0 Å². The highest BCUT2D eigenvalue weighted by Gasteiger charge is 2.44. The zero-order valence-electron chi connectivity index (χ0n) is 15.8. The number of aromatic nitrogens is 3. The molecule has 0 radical (unpaired) electrons. The maximum Gasteiger partial charge on any atom is 0.122 e. The molecule has 0 aromatic carbocycles. The summed E-state index contributed by atoms with van der Waals surface area (Å²) >= 11 is 0. The fourth-order valence-corrected chi connectivity index (χ4v) is 4.34. The average Bonchev–Trinajstić information content (AvgIpc) is 3.23. The third-order valence-corrected chi connectivity index (χ3v) is 5.85. The van der Waals surface area contributed by atoms with Crippen LogP contribution < -0.4 is 0 Å². The molecule has 0 bridgehead atoms. The van der Waals surface area contributed by atoms with E-state index in [2.05, 4.69) is 50.6 Å². The third kappa shape index (κ3) is 3.82. The van der Waals surface area contributed by atoms with Gasteiger partial charge in [0.15, 0.2) is 0 Å². The van der Waals surface area contributed by atoms with E-state index in [0.29, 0.717) is 6.04 Å². The minimum atomic E-state index is 0.00641. The van der Waals surface area contributed by atoms with Crippen LogP contribution in [-0.4, -0.2) is 62.7 Å². The highest BCUT2D eigenvalue weighted by molar-refractivity contribution is 5.05. The summed E-state index contributed by atoms with van der Waals surface area (Å²) in [6.45, 7) is 4.74. The number of imidazole rings is 1.